The Labute approximate surface area is 270 Å². The number of piperazine rings is 1. The van der Waals surface area contributed by atoms with Gasteiger partial charge in [0.15, 0.2) is 11.7 Å². The van der Waals surface area contributed by atoms with Gasteiger partial charge in [0.25, 0.3) is 0 Å². The van der Waals surface area contributed by atoms with Gasteiger partial charge in [-0.1, -0.05) is 29.8 Å². The molecule has 0 radical (unpaired) electrons. The minimum atomic E-state index is -0.868. The highest BCUT2D eigenvalue weighted by Gasteiger charge is 2.46. The molecule has 236 valence electrons. The SMILES string of the molecule is COC(=O)C1=C(CN2CCN3C(=O)N(c4ccc(C5(C#N)CC5)cc4)C[C@@H]3C2)NC(c2nccn2C)=NC1c1ccc(F)cc1Cl. The van der Waals surface area contributed by atoms with Crippen molar-refractivity contribution in [1.82, 2.24) is 24.7 Å². The number of hydrogen-bond donors (Lipinski definition) is 1. The third kappa shape index (κ3) is 5.19. The van der Waals surface area contributed by atoms with Gasteiger partial charge in [0.2, 0.25) is 0 Å². The highest BCUT2D eigenvalue weighted by Crippen LogP contribution is 2.48. The number of urea groups is 1. The molecule has 7 rings (SSSR count). The maximum absolute atomic E-state index is 14.0. The molecule has 1 N–H and O–H groups in total. The quantitative estimate of drug-likeness (QED) is 0.388. The minimum Gasteiger partial charge on any atom is -0.466 e. The monoisotopic (exact) mass is 642 g/mol. The van der Waals surface area contributed by atoms with Gasteiger partial charge < -0.3 is 19.5 Å². The second-order valence-corrected chi connectivity index (χ2v) is 12.5. The number of aromatic nitrogens is 2. The van der Waals surface area contributed by atoms with E-state index in [-0.39, 0.29) is 28.1 Å². The van der Waals surface area contributed by atoms with E-state index < -0.39 is 17.8 Å². The topological polar surface area (TPSA) is 119 Å². The molecule has 3 aliphatic heterocycles. The summed E-state index contributed by atoms with van der Waals surface area (Å²) in [4.78, 5) is 42.0. The van der Waals surface area contributed by atoms with Gasteiger partial charge in [-0.15, -0.1) is 0 Å². The third-order valence-corrected chi connectivity index (χ3v) is 9.66. The van der Waals surface area contributed by atoms with E-state index in [0.29, 0.717) is 55.6 Å². The van der Waals surface area contributed by atoms with Crippen LogP contribution in [0.1, 0.15) is 35.8 Å². The lowest BCUT2D eigenvalue weighted by molar-refractivity contribution is -0.136. The molecule has 1 saturated carbocycles. The van der Waals surface area contributed by atoms with Crippen molar-refractivity contribution in [2.24, 2.45) is 12.0 Å². The van der Waals surface area contributed by atoms with Crippen LogP contribution in [0.4, 0.5) is 14.9 Å². The summed E-state index contributed by atoms with van der Waals surface area (Å²) < 4.78 is 21.1. The molecule has 3 fully saturated rings. The number of esters is 1. The maximum Gasteiger partial charge on any atom is 0.338 e. The van der Waals surface area contributed by atoms with Crippen LogP contribution >= 0.6 is 11.6 Å². The van der Waals surface area contributed by atoms with Crippen LogP contribution in [0.25, 0.3) is 0 Å². The van der Waals surface area contributed by atoms with E-state index in [0.717, 1.165) is 24.1 Å². The Balaban J connectivity index is 1.16. The summed E-state index contributed by atoms with van der Waals surface area (Å²) in [6.45, 7) is 2.53. The Hall–Kier alpha value is -4.73. The molecular weight excluding hydrogens is 611 g/mol. The van der Waals surface area contributed by atoms with Gasteiger partial charge in [0.1, 0.15) is 11.9 Å². The number of nitrogens with zero attached hydrogens (tertiary/aromatic N) is 7. The van der Waals surface area contributed by atoms with Crippen LogP contribution in [-0.2, 0) is 22.0 Å². The number of methoxy groups -OCH3 is 1. The molecule has 1 aliphatic carbocycles. The van der Waals surface area contributed by atoms with E-state index in [2.05, 4.69) is 21.3 Å². The van der Waals surface area contributed by atoms with Crippen molar-refractivity contribution in [3.8, 4) is 6.07 Å². The molecule has 1 aromatic heterocycles. The Kier molecular flexibility index (Phi) is 7.53. The number of carbonyl (C=O) groups is 2. The number of rotatable bonds is 7. The van der Waals surface area contributed by atoms with Gasteiger partial charge >= 0.3 is 12.0 Å². The molecular formula is C33H32ClFN8O3. The molecule has 11 nitrogen and oxygen atoms in total. The number of nitriles is 1. The van der Waals surface area contributed by atoms with Crippen molar-refractivity contribution < 1.29 is 18.7 Å². The standard InChI is InChI=1S/C33H32ClFN8O3/c1-40-12-11-37-30(40)29-38-26(27(31(44)46-2)28(39-29)24-8-5-21(35)15-25(24)34)18-41-13-14-42-23(16-41)17-43(32(42)45)22-6-3-20(4-7-22)33(19-36)9-10-33/h3-8,11-12,15,23,28H,9-10,13-14,16-18H2,1-2H3,(H,38,39)/t23-,28?/m0/s1. The lowest BCUT2D eigenvalue weighted by Gasteiger charge is -2.38. The maximum atomic E-state index is 14.0. The molecule has 2 saturated heterocycles. The summed E-state index contributed by atoms with van der Waals surface area (Å²) in [7, 11) is 3.15. The fraction of sp³-hybridized carbons (Fsp3) is 0.364. The average Bonchev–Trinajstić information content (AvgIpc) is 3.64. The van der Waals surface area contributed by atoms with Crippen molar-refractivity contribution >= 4 is 35.1 Å². The number of aryl methyl sites for hydroxylation is 1. The summed E-state index contributed by atoms with van der Waals surface area (Å²) in [6, 6.07) is 13.3. The third-order valence-electron chi connectivity index (χ3n) is 9.34. The fourth-order valence-corrected chi connectivity index (χ4v) is 6.90. The molecule has 3 aromatic rings. The number of carbonyl (C=O) groups excluding carboxylic acids is 2. The van der Waals surface area contributed by atoms with Crippen LogP contribution in [0.3, 0.4) is 0 Å². The van der Waals surface area contributed by atoms with Crippen molar-refractivity contribution in [3.05, 3.63) is 93.9 Å². The number of benzene rings is 2. The van der Waals surface area contributed by atoms with E-state index in [9.17, 15) is 19.2 Å². The number of amidine groups is 1. The van der Waals surface area contributed by atoms with Crippen molar-refractivity contribution in [2.45, 2.75) is 30.3 Å². The summed E-state index contributed by atoms with van der Waals surface area (Å²) in [5.41, 5.74) is 2.73. The van der Waals surface area contributed by atoms with Crippen LogP contribution in [-0.4, -0.2) is 83.1 Å². The summed E-state index contributed by atoms with van der Waals surface area (Å²) in [5, 5.41) is 13.0. The Morgan fingerprint density at radius 1 is 1.20 bits per heavy atom. The fourth-order valence-electron chi connectivity index (χ4n) is 6.63. The number of hydrogen-bond acceptors (Lipinski definition) is 8. The smallest absolute Gasteiger partial charge is 0.338 e. The first-order valence-electron chi connectivity index (χ1n) is 15.1. The second-order valence-electron chi connectivity index (χ2n) is 12.1. The largest absolute Gasteiger partial charge is 0.466 e. The van der Waals surface area contributed by atoms with Gasteiger partial charge in [-0.3, -0.25) is 14.8 Å². The average molecular weight is 643 g/mol. The van der Waals surface area contributed by atoms with Crippen LogP contribution in [0, 0.1) is 17.1 Å². The molecule has 1 unspecified atom stereocenters. The number of ether oxygens (including phenoxy) is 1. The van der Waals surface area contributed by atoms with Crippen molar-refractivity contribution in [2.75, 3.05) is 44.7 Å². The molecule has 4 aliphatic rings. The predicted octanol–water partition coefficient (Wildman–Crippen LogP) is 3.91. The number of aliphatic imine (C=N–C) groups is 1. The van der Waals surface area contributed by atoms with Gasteiger partial charge in [-0.25, -0.2) is 19.0 Å². The van der Waals surface area contributed by atoms with Crippen LogP contribution in [0.15, 0.2) is 71.1 Å². The molecule has 4 heterocycles. The summed E-state index contributed by atoms with van der Waals surface area (Å²) in [6.07, 6.45) is 5.18. The number of amides is 2. The molecule has 0 bridgehead atoms. The highest BCUT2D eigenvalue weighted by molar-refractivity contribution is 6.31. The Morgan fingerprint density at radius 2 is 1.98 bits per heavy atom. The summed E-state index contributed by atoms with van der Waals surface area (Å²) in [5.74, 6) is -0.0823. The van der Waals surface area contributed by atoms with Crippen molar-refractivity contribution in [3.63, 3.8) is 0 Å². The van der Waals surface area contributed by atoms with Crippen LogP contribution < -0.4 is 10.2 Å². The van der Waals surface area contributed by atoms with Crippen molar-refractivity contribution in [1.29, 1.82) is 5.26 Å². The zero-order chi connectivity index (χ0) is 32.2. The molecule has 2 aromatic carbocycles. The first-order chi connectivity index (χ1) is 22.2. The number of nitrogens with one attached hydrogen (secondary N) is 1. The van der Waals surface area contributed by atoms with E-state index in [4.69, 9.17) is 21.3 Å². The molecule has 13 heteroatoms. The first kappa shape index (κ1) is 30.0. The normalized spacial score (nSPS) is 22.2. The second kappa shape index (κ2) is 11.6. The molecule has 2 atom stereocenters. The number of fused-ring (bicyclic) bond motifs is 1. The molecule has 0 spiro atoms. The zero-order valence-corrected chi connectivity index (χ0v) is 26.2. The van der Waals surface area contributed by atoms with Gasteiger partial charge in [-0.05, 0) is 42.7 Å². The lowest BCUT2D eigenvalue weighted by atomic mass is 9.95. The predicted molar refractivity (Wildman–Crippen MR) is 169 cm³/mol. The number of imidazole rings is 1. The number of halogens is 2. The van der Waals surface area contributed by atoms with E-state index in [1.807, 2.05) is 40.8 Å². The van der Waals surface area contributed by atoms with Gasteiger partial charge in [-0.2, -0.15) is 5.26 Å². The van der Waals surface area contributed by atoms with E-state index >= 15 is 0 Å². The lowest BCUT2D eigenvalue weighted by Crippen LogP contribution is -2.53. The number of anilines is 1. The minimum absolute atomic E-state index is 0.0423. The Morgan fingerprint density at radius 3 is 2.63 bits per heavy atom. The van der Waals surface area contributed by atoms with E-state index in [1.54, 1.807) is 17.3 Å². The van der Waals surface area contributed by atoms with E-state index in [1.165, 1.54) is 25.3 Å². The van der Waals surface area contributed by atoms with Gasteiger partial charge in [0, 0.05) is 74.1 Å². The zero-order valence-electron chi connectivity index (χ0n) is 25.4. The molecule has 2 amide bonds. The highest BCUT2D eigenvalue weighted by atomic mass is 35.5. The summed E-state index contributed by atoms with van der Waals surface area (Å²) >= 11 is 6.51. The van der Waals surface area contributed by atoms with Crippen LogP contribution in [0.2, 0.25) is 5.02 Å². The Bertz CT molecular complexity index is 1830. The molecule has 46 heavy (non-hydrogen) atoms. The van der Waals surface area contributed by atoms with Crippen LogP contribution in [0.5, 0.6) is 0 Å². The first-order valence-corrected chi connectivity index (χ1v) is 15.5. The van der Waals surface area contributed by atoms with Gasteiger partial charge in [0.05, 0.1) is 30.2 Å².